The van der Waals surface area contributed by atoms with Crippen LogP contribution in [0.15, 0.2) is 30.3 Å². The predicted octanol–water partition coefficient (Wildman–Crippen LogP) is 2.75. The van der Waals surface area contributed by atoms with Crippen molar-refractivity contribution in [3.63, 3.8) is 0 Å². The highest BCUT2D eigenvalue weighted by molar-refractivity contribution is 5.82. The number of aliphatic carboxylic acids is 1. The van der Waals surface area contributed by atoms with Gasteiger partial charge in [0.25, 0.3) is 0 Å². The van der Waals surface area contributed by atoms with E-state index in [1.54, 1.807) is 44.2 Å². The smallest absolute Gasteiger partial charge is 0.471 e. The maximum atomic E-state index is 12.4. The summed E-state index contributed by atoms with van der Waals surface area (Å²) in [5.74, 6) is -3.77. The molecule has 1 rings (SSSR count). The van der Waals surface area contributed by atoms with Crippen LogP contribution in [0.5, 0.6) is 0 Å². The van der Waals surface area contributed by atoms with Gasteiger partial charge >= 0.3 is 18.1 Å². The highest BCUT2D eigenvalue weighted by atomic mass is 19.4. The van der Waals surface area contributed by atoms with Crippen LogP contribution in [-0.4, -0.2) is 35.3 Å². The third kappa shape index (κ3) is 6.57. The van der Waals surface area contributed by atoms with E-state index in [2.05, 4.69) is 0 Å². The molecule has 8 heteroatoms. The second-order valence-corrected chi connectivity index (χ2v) is 5.68. The van der Waals surface area contributed by atoms with Crippen molar-refractivity contribution < 1.29 is 32.6 Å². The van der Waals surface area contributed by atoms with Gasteiger partial charge in [0.2, 0.25) is 0 Å². The molecule has 0 aliphatic heterocycles. The number of hydrogen-bond acceptors (Lipinski definition) is 3. The van der Waals surface area contributed by atoms with Gasteiger partial charge in [-0.05, 0) is 11.5 Å². The zero-order valence-electron chi connectivity index (χ0n) is 13.3. The number of carbonyl (C=O) groups excluding carboxylic acids is 1. The zero-order valence-corrected chi connectivity index (χ0v) is 13.3. The molecule has 2 atom stereocenters. The fourth-order valence-corrected chi connectivity index (χ4v) is 1.99. The number of amides is 1. The summed E-state index contributed by atoms with van der Waals surface area (Å²) in [7, 11) is 0. The third-order valence-corrected chi connectivity index (χ3v) is 3.42. The number of carboxylic acids is 1. The molecule has 1 aromatic rings. The first-order valence-corrected chi connectivity index (χ1v) is 7.37. The molecule has 134 valence electrons. The predicted molar refractivity (Wildman–Crippen MR) is 80.1 cm³/mol. The Hall–Kier alpha value is -2.09. The highest BCUT2D eigenvalue weighted by Gasteiger charge is 2.40. The van der Waals surface area contributed by atoms with E-state index >= 15 is 0 Å². The van der Waals surface area contributed by atoms with E-state index < -0.39 is 36.1 Å². The Bertz CT molecular complexity index is 546. The molecule has 0 saturated carbocycles. The molecular weight excluding hydrogens is 327 g/mol. The Morgan fingerprint density at radius 1 is 1.21 bits per heavy atom. The molecule has 2 N–H and O–H groups in total. The number of rotatable bonds is 8. The van der Waals surface area contributed by atoms with E-state index in [9.17, 15) is 27.9 Å². The molecule has 0 bridgehead atoms. The van der Waals surface area contributed by atoms with Crippen molar-refractivity contribution in [2.24, 2.45) is 5.92 Å². The summed E-state index contributed by atoms with van der Waals surface area (Å²) in [4.78, 5) is 22.4. The summed E-state index contributed by atoms with van der Waals surface area (Å²) < 4.78 is 42.4. The SMILES string of the molecule is CC(C)[C@@H](C[C@@H](OCc1ccccc1)C(=O)O)NC(=O)C(F)(F)F. The molecule has 24 heavy (non-hydrogen) atoms. The fourth-order valence-electron chi connectivity index (χ4n) is 1.99. The summed E-state index contributed by atoms with van der Waals surface area (Å²) >= 11 is 0. The molecule has 0 aliphatic carbocycles. The van der Waals surface area contributed by atoms with E-state index in [-0.39, 0.29) is 13.0 Å². The van der Waals surface area contributed by atoms with E-state index in [1.165, 1.54) is 0 Å². The maximum Gasteiger partial charge on any atom is 0.471 e. The van der Waals surface area contributed by atoms with E-state index in [4.69, 9.17) is 4.74 Å². The number of benzene rings is 1. The minimum Gasteiger partial charge on any atom is -0.479 e. The Balaban J connectivity index is 2.72. The lowest BCUT2D eigenvalue weighted by Crippen LogP contribution is -2.47. The Kier molecular flexibility index (Phi) is 7.21. The van der Waals surface area contributed by atoms with Crippen molar-refractivity contribution in [1.82, 2.24) is 5.32 Å². The standard InChI is InChI=1S/C16H20F3NO4/c1-10(2)12(20-15(23)16(17,18)19)8-13(14(21)22)24-9-11-6-4-3-5-7-11/h3-7,10,12-13H,8-9H2,1-2H3,(H,20,23)(H,21,22)/t12-,13-/m1/s1. The summed E-state index contributed by atoms with van der Waals surface area (Å²) in [5, 5.41) is 11.0. The molecule has 0 fully saturated rings. The lowest BCUT2D eigenvalue weighted by Gasteiger charge is -2.26. The van der Waals surface area contributed by atoms with Gasteiger partial charge in [-0.15, -0.1) is 0 Å². The van der Waals surface area contributed by atoms with Gasteiger partial charge in [-0.2, -0.15) is 13.2 Å². The molecule has 5 nitrogen and oxygen atoms in total. The number of carboxylic acid groups (broad SMARTS) is 1. The van der Waals surface area contributed by atoms with Gasteiger partial charge in [-0.3, -0.25) is 4.79 Å². The van der Waals surface area contributed by atoms with Gasteiger partial charge in [0.05, 0.1) is 6.61 Å². The quantitative estimate of drug-likeness (QED) is 0.758. The van der Waals surface area contributed by atoms with Crippen molar-refractivity contribution in [3.05, 3.63) is 35.9 Å². The average molecular weight is 347 g/mol. The Labute approximate surface area is 137 Å². The van der Waals surface area contributed by atoms with Gasteiger partial charge in [-0.25, -0.2) is 4.79 Å². The van der Waals surface area contributed by atoms with Crippen LogP contribution in [0.25, 0.3) is 0 Å². The summed E-state index contributed by atoms with van der Waals surface area (Å²) in [5.41, 5.74) is 0.740. The van der Waals surface area contributed by atoms with Crippen LogP contribution in [0.3, 0.4) is 0 Å². The van der Waals surface area contributed by atoms with Gasteiger partial charge in [0.1, 0.15) is 0 Å². The number of halogens is 3. The van der Waals surface area contributed by atoms with Crippen LogP contribution < -0.4 is 5.32 Å². The highest BCUT2D eigenvalue weighted by Crippen LogP contribution is 2.18. The van der Waals surface area contributed by atoms with Crippen LogP contribution in [0.2, 0.25) is 0 Å². The van der Waals surface area contributed by atoms with Crippen LogP contribution in [0.1, 0.15) is 25.8 Å². The van der Waals surface area contributed by atoms with E-state index in [1.807, 2.05) is 5.32 Å². The van der Waals surface area contributed by atoms with Crippen LogP contribution >= 0.6 is 0 Å². The molecule has 0 aromatic heterocycles. The minimum absolute atomic E-state index is 0.00976. The maximum absolute atomic E-state index is 12.4. The number of nitrogens with one attached hydrogen (secondary N) is 1. The molecule has 0 unspecified atom stereocenters. The van der Waals surface area contributed by atoms with Gasteiger partial charge in [0.15, 0.2) is 6.10 Å². The van der Waals surface area contributed by atoms with Crippen LogP contribution in [-0.2, 0) is 20.9 Å². The van der Waals surface area contributed by atoms with Crippen molar-refractivity contribution in [2.45, 2.75) is 45.2 Å². The van der Waals surface area contributed by atoms with E-state index in [0.717, 1.165) is 5.56 Å². The normalized spacial score (nSPS) is 14.2. The summed E-state index contributed by atoms with van der Waals surface area (Å²) in [6.07, 6.45) is -6.61. The Morgan fingerprint density at radius 3 is 2.25 bits per heavy atom. The monoisotopic (exact) mass is 347 g/mol. The number of alkyl halides is 3. The van der Waals surface area contributed by atoms with Crippen molar-refractivity contribution in [2.75, 3.05) is 0 Å². The van der Waals surface area contributed by atoms with Crippen molar-refractivity contribution in [3.8, 4) is 0 Å². The van der Waals surface area contributed by atoms with E-state index in [0.29, 0.717) is 0 Å². The molecular formula is C16H20F3NO4. The van der Waals surface area contributed by atoms with Crippen molar-refractivity contribution in [1.29, 1.82) is 0 Å². The third-order valence-electron chi connectivity index (χ3n) is 3.42. The van der Waals surface area contributed by atoms with Gasteiger partial charge < -0.3 is 15.2 Å². The Morgan fingerprint density at radius 2 is 1.79 bits per heavy atom. The topological polar surface area (TPSA) is 75.6 Å². The zero-order chi connectivity index (χ0) is 18.3. The van der Waals surface area contributed by atoms with Crippen LogP contribution in [0, 0.1) is 5.92 Å². The lowest BCUT2D eigenvalue weighted by molar-refractivity contribution is -0.175. The number of ether oxygens (including phenoxy) is 1. The lowest BCUT2D eigenvalue weighted by atomic mass is 9.97. The first kappa shape index (κ1) is 20.0. The summed E-state index contributed by atoms with van der Waals surface area (Å²) in [6, 6.07) is 7.81. The molecule has 0 heterocycles. The number of carbonyl (C=O) groups is 2. The molecule has 1 aromatic carbocycles. The van der Waals surface area contributed by atoms with Gasteiger partial charge in [-0.1, -0.05) is 44.2 Å². The largest absolute Gasteiger partial charge is 0.479 e. The van der Waals surface area contributed by atoms with Crippen LogP contribution in [0.4, 0.5) is 13.2 Å². The number of hydrogen-bond donors (Lipinski definition) is 2. The molecule has 0 radical (unpaired) electrons. The molecule has 0 saturated heterocycles. The molecule has 1 amide bonds. The first-order chi connectivity index (χ1) is 11.1. The minimum atomic E-state index is -5.02. The second kappa shape index (κ2) is 8.68. The van der Waals surface area contributed by atoms with Gasteiger partial charge in [0, 0.05) is 12.5 Å². The second-order valence-electron chi connectivity index (χ2n) is 5.68. The average Bonchev–Trinajstić information content (AvgIpc) is 2.49. The van der Waals surface area contributed by atoms with Crippen molar-refractivity contribution >= 4 is 11.9 Å². The first-order valence-electron chi connectivity index (χ1n) is 7.37. The summed E-state index contributed by atoms with van der Waals surface area (Å²) in [6.45, 7) is 3.20. The molecule has 0 aliphatic rings. The molecule has 0 spiro atoms. The fraction of sp³-hybridized carbons (Fsp3) is 0.500.